The van der Waals surface area contributed by atoms with Crippen LogP contribution in [0.25, 0.3) is 0 Å². The van der Waals surface area contributed by atoms with E-state index in [-0.39, 0.29) is 24.6 Å². The molecule has 0 saturated heterocycles. The Morgan fingerprint density at radius 2 is 1.33 bits per heavy atom. The van der Waals surface area contributed by atoms with Crippen molar-refractivity contribution in [2.75, 3.05) is 0 Å². The molecule has 1 aromatic carbocycles. The fraction of sp³-hybridized carbons (Fsp3) is 0. The Balaban J connectivity index is 0. The van der Waals surface area contributed by atoms with Gasteiger partial charge >= 0.3 is 26.4 Å². The van der Waals surface area contributed by atoms with Gasteiger partial charge in [0, 0.05) is 0 Å². The van der Waals surface area contributed by atoms with Gasteiger partial charge in [0.15, 0.2) is 0 Å². The Morgan fingerprint density at radius 1 is 1.00 bits per heavy atom. The van der Waals surface area contributed by atoms with E-state index in [1.807, 2.05) is 6.07 Å². The van der Waals surface area contributed by atoms with Gasteiger partial charge in [0.25, 0.3) is 0 Å². The molecule has 0 atom stereocenters. The van der Waals surface area contributed by atoms with E-state index in [0.717, 1.165) is 0 Å². The van der Waals surface area contributed by atoms with Crippen molar-refractivity contribution in [3.05, 3.63) is 30.3 Å². The second-order valence-electron chi connectivity index (χ2n) is 1.56. The quantitative estimate of drug-likeness (QED) is 0.439. The first-order valence-corrected chi connectivity index (χ1v) is 2.77. The van der Waals surface area contributed by atoms with Crippen LogP contribution in [-0.2, 0) is 0 Å². The van der Waals surface area contributed by atoms with Crippen LogP contribution in [0.3, 0.4) is 0 Å². The van der Waals surface area contributed by atoms with E-state index in [1.54, 1.807) is 12.1 Å². The van der Waals surface area contributed by atoms with E-state index >= 15 is 0 Å². The maximum Gasteiger partial charge on any atom is 1.00 e. The van der Waals surface area contributed by atoms with E-state index < -0.39 is 7.54 Å². The Kier molecular flexibility index (Phi) is 10.0. The van der Waals surface area contributed by atoms with Crippen molar-refractivity contribution in [1.82, 2.24) is 0 Å². The fourth-order valence-electron chi connectivity index (χ4n) is 0.420. The predicted octanol–water partition coefficient (Wildman–Crippen LogP) is -1.36. The van der Waals surface area contributed by atoms with E-state index in [4.69, 9.17) is 0 Å². The molecule has 1 rings (SSSR count). The first-order chi connectivity index (χ1) is 5.13. The molecule has 0 fully saturated rings. The molecule has 6 heteroatoms. The summed E-state index contributed by atoms with van der Waals surface area (Å²) >= 11 is 0. The second-order valence-corrected chi connectivity index (χ2v) is 1.56. The van der Waals surface area contributed by atoms with Crippen molar-refractivity contribution in [2.45, 2.75) is 0 Å². The molecule has 0 aliphatic rings. The van der Waals surface area contributed by atoms with Crippen LogP contribution in [0, 0.1) is 0 Å². The smallest absolute Gasteiger partial charge is 0.872 e. The standard InChI is InChI=1S/C6H6O.BF3.Li/c7-6-4-2-1-3-5-6;2-1(3)4;/h1-5,7H;;/q;;+1/p-1. The van der Waals surface area contributed by atoms with Gasteiger partial charge in [-0.15, -0.1) is 5.75 Å². The summed E-state index contributed by atoms with van der Waals surface area (Å²) < 4.78 is 29.0. The SMILES string of the molecule is FB(F)F.[Li+].[O-]c1ccccc1. The van der Waals surface area contributed by atoms with Crippen LogP contribution < -0.4 is 24.0 Å². The molecule has 12 heavy (non-hydrogen) atoms. The first-order valence-electron chi connectivity index (χ1n) is 2.77. The average Bonchev–Trinajstić information content (AvgIpc) is 1.87. The van der Waals surface area contributed by atoms with Crippen molar-refractivity contribution < 1.29 is 36.9 Å². The van der Waals surface area contributed by atoms with Gasteiger partial charge in [-0.2, -0.15) is 0 Å². The second kappa shape index (κ2) is 8.57. The van der Waals surface area contributed by atoms with Gasteiger partial charge in [-0.25, -0.2) is 0 Å². The molecule has 60 valence electrons. The summed E-state index contributed by atoms with van der Waals surface area (Å²) in [6, 6.07) is 8.33. The minimum atomic E-state index is -3.67. The molecule has 0 radical (unpaired) electrons. The van der Waals surface area contributed by atoms with E-state index in [9.17, 15) is 18.1 Å². The zero-order chi connectivity index (χ0) is 8.69. The third-order valence-electron chi connectivity index (χ3n) is 0.743. The monoisotopic (exact) mass is 168 g/mol. The summed E-state index contributed by atoms with van der Waals surface area (Å²) in [7, 11) is -3.67. The molecule has 0 aromatic heterocycles. The predicted molar refractivity (Wildman–Crippen MR) is 35.0 cm³/mol. The Bertz CT molecular complexity index is 183. The summed E-state index contributed by atoms with van der Waals surface area (Å²) in [5, 5.41) is 10.3. The normalized spacial score (nSPS) is 7.25. The molecule has 0 amide bonds. The molecule has 1 aromatic rings. The van der Waals surface area contributed by atoms with Gasteiger partial charge in [-0.1, -0.05) is 30.3 Å². The van der Waals surface area contributed by atoms with Crippen molar-refractivity contribution in [1.29, 1.82) is 0 Å². The molecular formula is C6H5BF3LiO. The Labute approximate surface area is 81.0 Å². The number of rotatable bonds is 0. The summed E-state index contributed by atoms with van der Waals surface area (Å²) in [5.41, 5.74) is 0. The maximum atomic E-state index is 10.3. The van der Waals surface area contributed by atoms with Crippen molar-refractivity contribution >= 4 is 7.54 Å². The number of halogens is 3. The summed E-state index contributed by atoms with van der Waals surface area (Å²) in [4.78, 5) is 0. The average molecular weight is 168 g/mol. The molecule has 0 unspecified atom stereocenters. The van der Waals surface area contributed by atoms with E-state index in [0.29, 0.717) is 0 Å². The third-order valence-corrected chi connectivity index (χ3v) is 0.743. The van der Waals surface area contributed by atoms with Crippen LogP contribution in [0.1, 0.15) is 0 Å². The van der Waals surface area contributed by atoms with Gasteiger partial charge < -0.3 is 5.11 Å². The van der Waals surface area contributed by atoms with Crippen molar-refractivity contribution in [2.24, 2.45) is 0 Å². The minimum Gasteiger partial charge on any atom is -0.872 e. The van der Waals surface area contributed by atoms with Crippen LogP contribution >= 0.6 is 0 Å². The summed E-state index contributed by atoms with van der Waals surface area (Å²) in [6.07, 6.45) is 0. The number of benzene rings is 1. The van der Waals surface area contributed by atoms with Crippen LogP contribution in [0.4, 0.5) is 12.9 Å². The first kappa shape index (κ1) is 14.0. The largest absolute Gasteiger partial charge is 1.00 e. The van der Waals surface area contributed by atoms with E-state index in [2.05, 4.69) is 0 Å². The van der Waals surface area contributed by atoms with E-state index in [1.165, 1.54) is 12.1 Å². The number of hydrogen-bond acceptors (Lipinski definition) is 1. The molecule has 0 bridgehead atoms. The van der Waals surface area contributed by atoms with Gasteiger partial charge in [0.2, 0.25) is 0 Å². The van der Waals surface area contributed by atoms with Gasteiger partial charge in [0.05, 0.1) is 0 Å². The topological polar surface area (TPSA) is 23.1 Å². The third kappa shape index (κ3) is 12.2. The zero-order valence-corrected chi connectivity index (χ0v) is 6.51. The van der Waals surface area contributed by atoms with Crippen LogP contribution in [0.5, 0.6) is 5.75 Å². The molecule has 0 aliphatic carbocycles. The van der Waals surface area contributed by atoms with Crippen LogP contribution in [0.2, 0.25) is 0 Å². The molecule has 1 nitrogen and oxygen atoms in total. The number of hydrogen-bond donors (Lipinski definition) is 0. The van der Waals surface area contributed by atoms with Gasteiger partial charge in [0.1, 0.15) is 0 Å². The molecule has 0 spiro atoms. The molecular weight excluding hydrogens is 163 g/mol. The molecule has 0 aliphatic heterocycles. The van der Waals surface area contributed by atoms with Gasteiger partial charge in [-0.3, -0.25) is 12.9 Å². The number of para-hydroxylation sites is 1. The van der Waals surface area contributed by atoms with Crippen molar-refractivity contribution in [3.63, 3.8) is 0 Å². The molecule has 0 saturated carbocycles. The molecule has 0 N–H and O–H groups in total. The van der Waals surface area contributed by atoms with Gasteiger partial charge in [-0.05, 0) is 0 Å². The molecule has 0 heterocycles. The summed E-state index contributed by atoms with van der Waals surface area (Å²) in [6.45, 7) is 0. The Morgan fingerprint density at radius 3 is 1.50 bits per heavy atom. The van der Waals surface area contributed by atoms with Crippen molar-refractivity contribution in [3.8, 4) is 5.75 Å². The van der Waals surface area contributed by atoms with Crippen LogP contribution in [-0.4, -0.2) is 7.54 Å². The van der Waals surface area contributed by atoms with Crippen LogP contribution in [0.15, 0.2) is 30.3 Å². The zero-order valence-electron chi connectivity index (χ0n) is 6.51. The Hall–Kier alpha value is -0.528. The minimum absolute atomic E-state index is 0. The fourth-order valence-corrected chi connectivity index (χ4v) is 0.420. The summed E-state index contributed by atoms with van der Waals surface area (Å²) in [5.74, 6) is 0.0718. The maximum absolute atomic E-state index is 10.3.